The second-order valence-corrected chi connectivity index (χ2v) is 5.85. The fourth-order valence-corrected chi connectivity index (χ4v) is 2.44. The van der Waals surface area contributed by atoms with E-state index in [-0.39, 0.29) is 5.57 Å². The molecule has 0 spiro atoms. The van der Waals surface area contributed by atoms with Crippen molar-refractivity contribution in [1.82, 2.24) is 0 Å². The Balaban J connectivity index is 2.32. The number of nitrogens with zero attached hydrogens (tertiary/aromatic N) is 1. The maximum absolute atomic E-state index is 12.4. The van der Waals surface area contributed by atoms with E-state index in [9.17, 15) is 10.1 Å². The van der Waals surface area contributed by atoms with Crippen LogP contribution in [-0.2, 0) is 4.79 Å². The summed E-state index contributed by atoms with van der Waals surface area (Å²) in [6.07, 6.45) is 1.42. The number of hydrogen-bond donors (Lipinski definition) is 1. The molecule has 0 saturated carbocycles. The largest absolute Gasteiger partial charge is 0.493 e. The molecule has 0 aliphatic carbocycles. The van der Waals surface area contributed by atoms with Gasteiger partial charge in [-0.3, -0.25) is 4.79 Å². The summed E-state index contributed by atoms with van der Waals surface area (Å²) in [6, 6.07) is 12.4. The minimum absolute atomic E-state index is 0.0694. The van der Waals surface area contributed by atoms with Crippen LogP contribution in [0.2, 0.25) is 5.02 Å². The molecule has 0 fully saturated rings. The van der Waals surface area contributed by atoms with E-state index in [1.807, 2.05) is 32.0 Å². The zero-order valence-corrected chi connectivity index (χ0v) is 15.6. The Bertz CT molecular complexity index is 868. The van der Waals surface area contributed by atoms with Gasteiger partial charge in [0, 0.05) is 11.8 Å². The highest BCUT2D eigenvalue weighted by Crippen LogP contribution is 2.34. The standard InChI is InChI=1S/C20H19ClN2O3/c1-4-26-19-10-14(17(21)11-18(19)25-3)9-15(12-22)20(24)23-16-7-5-13(2)6-8-16/h5-11H,4H2,1-3H3,(H,23,24)/b15-9+. The lowest BCUT2D eigenvalue weighted by Crippen LogP contribution is -2.13. The van der Waals surface area contributed by atoms with Gasteiger partial charge in [-0.25, -0.2) is 0 Å². The maximum atomic E-state index is 12.4. The fourth-order valence-electron chi connectivity index (χ4n) is 2.23. The lowest BCUT2D eigenvalue weighted by molar-refractivity contribution is -0.112. The number of methoxy groups -OCH3 is 1. The second kappa shape index (κ2) is 8.93. The van der Waals surface area contributed by atoms with Crippen molar-refractivity contribution in [3.63, 3.8) is 0 Å². The molecule has 0 saturated heterocycles. The molecule has 0 atom stereocenters. The number of benzene rings is 2. The first kappa shape index (κ1) is 19.4. The van der Waals surface area contributed by atoms with Crippen LogP contribution in [0.5, 0.6) is 11.5 Å². The topological polar surface area (TPSA) is 71.3 Å². The van der Waals surface area contributed by atoms with Crippen LogP contribution in [-0.4, -0.2) is 19.6 Å². The average Bonchev–Trinajstić information content (AvgIpc) is 2.63. The van der Waals surface area contributed by atoms with E-state index in [0.29, 0.717) is 34.4 Å². The minimum Gasteiger partial charge on any atom is -0.493 e. The zero-order chi connectivity index (χ0) is 19.1. The number of ether oxygens (including phenoxy) is 2. The summed E-state index contributed by atoms with van der Waals surface area (Å²) >= 11 is 6.24. The Morgan fingerprint density at radius 2 is 1.96 bits per heavy atom. The number of rotatable bonds is 6. The Hall–Kier alpha value is -2.97. The number of carbonyl (C=O) groups excluding carboxylic acids is 1. The number of hydrogen-bond acceptors (Lipinski definition) is 4. The normalized spacial score (nSPS) is 10.8. The first-order valence-electron chi connectivity index (χ1n) is 7.98. The van der Waals surface area contributed by atoms with Crippen LogP contribution in [0.15, 0.2) is 42.0 Å². The summed E-state index contributed by atoms with van der Waals surface area (Å²) in [7, 11) is 1.51. The molecule has 0 aromatic heterocycles. The van der Waals surface area contributed by atoms with Crippen molar-refractivity contribution >= 4 is 29.3 Å². The zero-order valence-electron chi connectivity index (χ0n) is 14.8. The van der Waals surface area contributed by atoms with Gasteiger partial charge in [0.25, 0.3) is 5.91 Å². The van der Waals surface area contributed by atoms with Crippen molar-refractivity contribution in [3.8, 4) is 17.6 Å². The van der Waals surface area contributed by atoms with Crippen LogP contribution in [0.25, 0.3) is 6.08 Å². The van der Waals surface area contributed by atoms with Crippen LogP contribution >= 0.6 is 11.6 Å². The molecule has 0 unspecified atom stereocenters. The Kier molecular flexibility index (Phi) is 6.65. The van der Waals surface area contributed by atoms with E-state index < -0.39 is 5.91 Å². The van der Waals surface area contributed by atoms with Gasteiger partial charge in [-0.2, -0.15) is 5.26 Å². The molecule has 0 aliphatic rings. The third-order valence-electron chi connectivity index (χ3n) is 3.56. The lowest BCUT2D eigenvalue weighted by Gasteiger charge is -2.11. The first-order chi connectivity index (χ1) is 12.5. The van der Waals surface area contributed by atoms with Crippen molar-refractivity contribution in [2.24, 2.45) is 0 Å². The summed E-state index contributed by atoms with van der Waals surface area (Å²) in [5, 5.41) is 12.4. The number of nitrogens with one attached hydrogen (secondary N) is 1. The summed E-state index contributed by atoms with van der Waals surface area (Å²) in [5.41, 5.74) is 2.11. The lowest BCUT2D eigenvalue weighted by atomic mass is 10.1. The van der Waals surface area contributed by atoms with Gasteiger partial charge in [0.15, 0.2) is 11.5 Å². The van der Waals surface area contributed by atoms with Gasteiger partial charge in [0.05, 0.1) is 18.7 Å². The number of amides is 1. The van der Waals surface area contributed by atoms with E-state index >= 15 is 0 Å². The number of nitriles is 1. The third-order valence-corrected chi connectivity index (χ3v) is 3.88. The third kappa shape index (κ3) is 4.78. The van der Waals surface area contributed by atoms with E-state index in [1.54, 1.807) is 24.3 Å². The van der Waals surface area contributed by atoms with Gasteiger partial charge in [-0.15, -0.1) is 0 Å². The average molecular weight is 371 g/mol. The highest BCUT2D eigenvalue weighted by molar-refractivity contribution is 6.32. The predicted octanol–water partition coefficient (Wildman–Crippen LogP) is 4.60. The monoisotopic (exact) mass is 370 g/mol. The van der Waals surface area contributed by atoms with Crippen molar-refractivity contribution < 1.29 is 14.3 Å². The molecule has 0 radical (unpaired) electrons. The van der Waals surface area contributed by atoms with Crippen LogP contribution < -0.4 is 14.8 Å². The van der Waals surface area contributed by atoms with Gasteiger partial charge in [0.2, 0.25) is 0 Å². The molecule has 1 amide bonds. The Morgan fingerprint density at radius 1 is 1.27 bits per heavy atom. The molecule has 134 valence electrons. The van der Waals surface area contributed by atoms with E-state index in [1.165, 1.54) is 13.2 Å². The van der Waals surface area contributed by atoms with Crippen molar-refractivity contribution in [3.05, 3.63) is 58.1 Å². The van der Waals surface area contributed by atoms with Gasteiger partial charge in [-0.1, -0.05) is 29.3 Å². The molecule has 26 heavy (non-hydrogen) atoms. The van der Waals surface area contributed by atoms with E-state index in [0.717, 1.165) is 5.56 Å². The minimum atomic E-state index is -0.513. The van der Waals surface area contributed by atoms with Crippen molar-refractivity contribution in [2.45, 2.75) is 13.8 Å². The highest BCUT2D eigenvalue weighted by Gasteiger charge is 2.13. The molecule has 2 aromatic carbocycles. The summed E-state index contributed by atoms with van der Waals surface area (Å²) in [4.78, 5) is 12.4. The first-order valence-corrected chi connectivity index (χ1v) is 8.36. The molecule has 2 rings (SSSR count). The van der Waals surface area contributed by atoms with Gasteiger partial charge < -0.3 is 14.8 Å². The number of anilines is 1. The molecule has 5 nitrogen and oxygen atoms in total. The summed E-state index contributed by atoms with van der Waals surface area (Å²) in [6.45, 7) is 4.24. The molecule has 1 N–H and O–H groups in total. The number of halogens is 1. The Labute approximate surface area is 157 Å². The molecule has 6 heteroatoms. The van der Waals surface area contributed by atoms with Crippen LogP contribution in [0.4, 0.5) is 5.69 Å². The van der Waals surface area contributed by atoms with Crippen LogP contribution in [0.1, 0.15) is 18.1 Å². The molecule has 2 aromatic rings. The van der Waals surface area contributed by atoms with Crippen molar-refractivity contribution in [1.29, 1.82) is 5.26 Å². The quantitative estimate of drug-likeness (QED) is 0.595. The predicted molar refractivity (Wildman–Crippen MR) is 103 cm³/mol. The summed E-state index contributed by atoms with van der Waals surface area (Å²) in [5.74, 6) is 0.458. The molecule has 0 aliphatic heterocycles. The Morgan fingerprint density at radius 3 is 2.54 bits per heavy atom. The smallest absolute Gasteiger partial charge is 0.266 e. The highest BCUT2D eigenvalue weighted by atomic mass is 35.5. The van der Waals surface area contributed by atoms with Gasteiger partial charge in [-0.05, 0) is 43.7 Å². The fraction of sp³-hybridized carbons (Fsp3) is 0.200. The van der Waals surface area contributed by atoms with E-state index in [4.69, 9.17) is 21.1 Å². The molecular weight excluding hydrogens is 352 g/mol. The van der Waals surface area contributed by atoms with E-state index in [2.05, 4.69) is 5.32 Å². The second-order valence-electron chi connectivity index (χ2n) is 5.45. The number of carbonyl (C=O) groups is 1. The van der Waals surface area contributed by atoms with Crippen LogP contribution in [0, 0.1) is 18.3 Å². The van der Waals surface area contributed by atoms with Gasteiger partial charge >= 0.3 is 0 Å². The van der Waals surface area contributed by atoms with Crippen molar-refractivity contribution in [2.75, 3.05) is 19.0 Å². The SMILES string of the molecule is CCOc1cc(/C=C(\C#N)C(=O)Nc2ccc(C)cc2)c(Cl)cc1OC. The summed E-state index contributed by atoms with van der Waals surface area (Å²) < 4.78 is 10.7. The number of aryl methyl sites for hydroxylation is 1. The molecular formula is C20H19ClN2O3. The maximum Gasteiger partial charge on any atom is 0.266 e. The van der Waals surface area contributed by atoms with Gasteiger partial charge in [0.1, 0.15) is 11.6 Å². The molecule has 0 heterocycles. The molecule has 0 bridgehead atoms. The van der Waals surface area contributed by atoms with Crippen LogP contribution in [0.3, 0.4) is 0 Å².